The fraction of sp³-hybridized carbons (Fsp3) is 0.118. The molecular formula is C17H15N3O2. The summed E-state index contributed by atoms with van der Waals surface area (Å²) in [5.41, 5.74) is 3.22. The number of aryl methyl sites for hydroxylation is 1. The number of aromatic nitrogens is 3. The van der Waals surface area contributed by atoms with Gasteiger partial charge in [-0.25, -0.2) is 0 Å². The summed E-state index contributed by atoms with van der Waals surface area (Å²) >= 11 is 0. The predicted octanol–water partition coefficient (Wildman–Crippen LogP) is 3.19. The maximum absolute atomic E-state index is 12.2. The lowest BCUT2D eigenvalue weighted by atomic mass is 10.0. The summed E-state index contributed by atoms with van der Waals surface area (Å²) in [6.07, 6.45) is 0. The summed E-state index contributed by atoms with van der Waals surface area (Å²) < 4.78 is 0. The van der Waals surface area contributed by atoms with Crippen molar-refractivity contribution in [2.75, 3.05) is 0 Å². The molecule has 0 aliphatic rings. The van der Waals surface area contributed by atoms with Gasteiger partial charge in [-0.15, -0.1) is 15.0 Å². The average Bonchev–Trinajstić information content (AvgIpc) is 2.92. The minimum absolute atomic E-state index is 0.140. The first-order chi connectivity index (χ1) is 10.5. The maximum Gasteiger partial charge on any atom is 0.191 e. The highest BCUT2D eigenvalue weighted by molar-refractivity contribution is 6.10. The van der Waals surface area contributed by atoms with Crippen LogP contribution in [0.3, 0.4) is 0 Å². The van der Waals surface area contributed by atoms with Gasteiger partial charge in [0.25, 0.3) is 0 Å². The monoisotopic (exact) mass is 293 g/mol. The summed E-state index contributed by atoms with van der Waals surface area (Å²) in [4.78, 5) is 13.5. The number of carbonyl (C=O) groups excluding carboxylic acids is 1. The van der Waals surface area contributed by atoms with Crippen molar-refractivity contribution in [1.82, 2.24) is 15.0 Å². The first-order valence-corrected chi connectivity index (χ1v) is 6.83. The van der Waals surface area contributed by atoms with Crippen molar-refractivity contribution in [2.24, 2.45) is 0 Å². The Hall–Kier alpha value is -2.95. The summed E-state index contributed by atoms with van der Waals surface area (Å²) in [7, 11) is 0. The Bertz CT molecular complexity index is 876. The Morgan fingerprint density at radius 2 is 1.77 bits per heavy atom. The van der Waals surface area contributed by atoms with Crippen LogP contribution in [0.5, 0.6) is 5.75 Å². The molecule has 2 aromatic carbocycles. The Balaban J connectivity index is 2.22. The van der Waals surface area contributed by atoms with E-state index in [9.17, 15) is 9.90 Å². The topological polar surface area (TPSA) is 68.0 Å². The number of Topliss-reactive ketones (excluding diaryl/α,β-unsaturated/α-hetero) is 1. The van der Waals surface area contributed by atoms with E-state index in [-0.39, 0.29) is 17.1 Å². The zero-order valence-corrected chi connectivity index (χ0v) is 12.4. The van der Waals surface area contributed by atoms with E-state index in [1.165, 1.54) is 4.80 Å². The Morgan fingerprint density at radius 1 is 1.18 bits per heavy atom. The van der Waals surface area contributed by atoms with Gasteiger partial charge in [-0.2, -0.15) is 0 Å². The number of phenols is 1. The SMILES string of the molecule is C=C(C)C(=O)c1cc(C)cc(-n2nc3ccccc3n2)c1O. The number of allylic oxidation sites excluding steroid dienone is 1. The second-order valence-electron chi connectivity index (χ2n) is 5.27. The Labute approximate surface area is 127 Å². The summed E-state index contributed by atoms with van der Waals surface area (Å²) in [6, 6.07) is 10.8. The van der Waals surface area contributed by atoms with Crippen molar-refractivity contribution in [3.8, 4) is 11.4 Å². The van der Waals surface area contributed by atoms with E-state index in [1.807, 2.05) is 31.2 Å². The first-order valence-electron chi connectivity index (χ1n) is 6.83. The largest absolute Gasteiger partial charge is 0.505 e. The van der Waals surface area contributed by atoms with Gasteiger partial charge >= 0.3 is 0 Å². The summed E-state index contributed by atoms with van der Waals surface area (Å²) in [6.45, 7) is 7.10. The van der Waals surface area contributed by atoms with Crippen molar-refractivity contribution in [3.05, 3.63) is 59.7 Å². The number of hydrogen-bond acceptors (Lipinski definition) is 4. The Kier molecular flexibility index (Phi) is 3.25. The molecule has 5 heteroatoms. The van der Waals surface area contributed by atoms with Gasteiger partial charge in [-0.05, 0) is 49.2 Å². The molecule has 0 amide bonds. The highest BCUT2D eigenvalue weighted by Gasteiger charge is 2.18. The molecule has 0 saturated heterocycles. The first kappa shape index (κ1) is 14.0. The van der Waals surface area contributed by atoms with Gasteiger partial charge in [-0.1, -0.05) is 18.7 Å². The molecule has 0 aliphatic carbocycles. The predicted molar refractivity (Wildman–Crippen MR) is 84.4 cm³/mol. The van der Waals surface area contributed by atoms with Crippen molar-refractivity contribution >= 4 is 16.8 Å². The zero-order valence-electron chi connectivity index (χ0n) is 12.4. The van der Waals surface area contributed by atoms with Crippen LogP contribution < -0.4 is 0 Å². The quantitative estimate of drug-likeness (QED) is 0.595. The zero-order chi connectivity index (χ0) is 15.9. The Morgan fingerprint density at radius 3 is 2.32 bits per heavy atom. The van der Waals surface area contributed by atoms with Gasteiger partial charge in [0.15, 0.2) is 11.5 Å². The molecule has 110 valence electrons. The molecule has 3 aromatic rings. The second kappa shape index (κ2) is 5.11. The normalized spacial score (nSPS) is 10.8. The van der Waals surface area contributed by atoms with Crippen LogP contribution in [-0.4, -0.2) is 25.9 Å². The van der Waals surface area contributed by atoms with Gasteiger partial charge in [0.05, 0.1) is 5.56 Å². The highest BCUT2D eigenvalue weighted by atomic mass is 16.3. The number of aromatic hydroxyl groups is 1. The van der Waals surface area contributed by atoms with Crippen LogP contribution >= 0.6 is 0 Å². The molecule has 0 saturated carbocycles. The van der Waals surface area contributed by atoms with Crippen molar-refractivity contribution in [2.45, 2.75) is 13.8 Å². The molecule has 1 aromatic heterocycles. The molecule has 0 fully saturated rings. The van der Waals surface area contributed by atoms with Crippen LogP contribution in [0.1, 0.15) is 22.8 Å². The lowest BCUT2D eigenvalue weighted by Gasteiger charge is -2.10. The molecule has 0 bridgehead atoms. The van der Waals surface area contributed by atoms with Gasteiger partial charge < -0.3 is 5.11 Å². The molecule has 0 spiro atoms. The molecule has 0 atom stereocenters. The second-order valence-corrected chi connectivity index (χ2v) is 5.27. The van der Waals surface area contributed by atoms with Crippen LogP contribution in [0.25, 0.3) is 16.7 Å². The summed E-state index contributed by atoms with van der Waals surface area (Å²) in [5.74, 6) is -0.432. The number of benzene rings is 2. The van der Waals surface area contributed by atoms with Crippen molar-refractivity contribution in [1.29, 1.82) is 0 Å². The third-order valence-electron chi connectivity index (χ3n) is 3.37. The molecule has 0 unspecified atom stereocenters. The molecule has 1 N–H and O–H groups in total. The van der Waals surface area contributed by atoms with E-state index in [4.69, 9.17) is 0 Å². The average molecular weight is 293 g/mol. The van der Waals surface area contributed by atoms with Gasteiger partial charge in [0.1, 0.15) is 16.7 Å². The van der Waals surface area contributed by atoms with Crippen molar-refractivity contribution in [3.63, 3.8) is 0 Å². The third-order valence-corrected chi connectivity index (χ3v) is 3.37. The number of rotatable bonds is 3. The van der Waals surface area contributed by atoms with E-state index in [0.29, 0.717) is 11.3 Å². The van der Waals surface area contributed by atoms with E-state index in [1.54, 1.807) is 19.1 Å². The standard InChI is InChI=1S/C17H15N3O2/c1-10(2)16(21)12-8-11(3)9-15(17(12)22)20-18-13-6-4-5-7-14(13)19-20/h4-9,22H,1H2,2-3H3. The van der Waals surface area contributed by atoms with Gasteiger partial charge in [-0.3, -0.25) is 4.79 Å². The molecule has 3 rings (SSSR count). The van der Waals surface area contributed by atoms with Crippen LogP contribution in [0.15, 0.2) is 48.6 Å². The van der Waals surface area contributed by atoms with Gasteiger partial charge in [0, 0.05) is 0 Å². The highest BCUT2D eigenvalue weighted by Crippen LogP contribution is 2.29. The van der Waals surface area contributed by atoms with Crippen LogP contribution in [0.2, 0.25) is 0 Å². The fourth-order valence-corrected chi connectivity index (χ4v) is 2.28. The molecule has 5 nitrogen and oxygen atoms in total. The van der Waals surface area contributed by atoms with E-state index in [2.05, 4.69) is 16.8 Å². The molecule has 0 aliphatic heterocycles. The lowest BCUT2D eigenvalue weighted by molar-refractivity contribution is 0.103. The van der Waals surface area contributed by atoms with Crippen LogP contribution in [-0.2, 0) is 0 Å². The molecule has 0 radical (unpaired) electrons. The molecule has 1 heterocycles. The van der Waals surface area contributed by atoms with Crippen LogP contribution in [0, 0.1) is 6.92 Å². The fourth-order valence-electron chi connectivity index (χ4n) is 2.28. The smallest absolute Gasteiger partial charge is 0.191 e. The summed E-state index contributed by atoms with van der Waals surface area (Å²) in [5, 5.41) is 19.1. The number of ketones is 1. The van der Waals surface area contributed by atoms with Gasteiger partial charge in [0.2, 0.25) is 0 Å². The minimum Gasteiger partial charge on any atom is -0.505 e. The number of hydrogen-bond donors (Lipinski definition) is 1. The van der Waals surface area contributed by atoms with E-state index in [0.717, 1.165) is 16.6 Å². The molecular weight excluding hydrogens is 278 g/mol. The number of nitrogens with zero attached hydrogens (tertiary/aromatic N) is 3. The number of fused-ring (bicyclic) bond motifs is 1. The minimum atomic E-state index is -0.292. The van der Waals surface area contributed by atoms with E-state index >= 15 is 0 Å². The number of carbonyl (C=O) groups is 1. The van der Waals surface area contributed by atoms with E-state index < -0.39 is 0 Å². The third kappa shape index (κ3) is 2.26. The molecule has 22 heavy (non-hydrogen) atoms. The maximum atomic E-state index is 12.2. The van der Waals surface area contributed by atoms with Crippen LogP contribution in [0.4, 0.5) is 0 Å². The lowest BCUT2D eigenvalue weighted by Crippen LogP contribution is -2.06. The number of phenolic OH excluding ortho intramolecular Hbond substituents is 1. The van der Waals surface area contributed by atoms with Crippen molar-refractivity contribution < 1.29 is 9.90 Å².